The van der Waals surface area contributed by atoms with Gasteiger partial charge in [0.05, 0.1) is 5.69 Å². The quantitative estimate of drug-likeness (QED) is 0.801. The van der Waals surface area contributed by atoms with Crippen LogP contribution in [0.5, 0.6) is 0 Å². The lowest BCUT2D eigenvalue weighted by Gasteiger charge is -2.09. The standard InChI is InChI=1S/C13H11ClN2O/c1-2-13(17)16-12-8-9(14)5-6-10(12)11-4-3-7-15-11/h2-8,15H,1H2,(H,16,17). The number of benzene rings is 1. The lowest BCUT2D eigenvalue weighted by atomic mass is 10.1. The molecule has 4 heteroatoms. The van der Waals surface area contributed by atoms with Crippen molar-refractivity contribution in [2.75, 3.05) is 5.32 Å². The summed E-state index contributed by atoms with van der Waals surface area (Å²) in [6.07, 6.45) is 3.04. The summed E-state index contributed by atoms with van der Waals surface area (Å²) in [6, 6.07) is 9.16. The molecule has 1 aromatic carbocycles. The predicted octanol–water partition coefficient (Wildman–Crippen LogP) is 3.46. The van der Waals surface area contributed by atoms with E-state index in [-0.39, 0.29) is 5.91 Å². The number of rotatable bonds is 3. The molecule has 0 saturated heterocycles. The van der Waals surface area contributed by atoms with Crippen LogP contribution in [0.1, 0.15) is 0 Å². The highest BCUT2D eigenvalue weighted by Crippen LogP contribution is 2.29. The number of anilines is 1. The molecule has 1 amide bonds. The van der Waals surface area contributed by atoms with Gasteiger partial charge in [0, 0.05) is 22.5 Å². The smallest absolute Gasteiger partial charge is 0.247 e. The maximum Gasteiger partial charge on any atom is 0.247 e. The molecule has 0 spiro atoms. The second-order valence-corrected chi connectivity index (χ2v) is 3.90. The Morgan fingerprint density at radius 3 is 2.88 bits per heavy atom. The van der Waals surface area contributed by atoms with E-state index in [2.05, 4.69) is 16.9 Å². The van der Waals surface area contributed by atoms with Crippen molar-refractivity contribution in [1.82, 2.24) is 4.98 Å². The van der Waals surface area contributed by atoms with Crippen molar-refractivity contribution in [3.05, 3.63) is 54.2 Å². The molecule has 2 N–H and O–H groups in total. The Morgan fingerprint density at radius 1 is 1.41 bits per heavy atom. The number of nitrogens with one attached hydrogen (secondary N) is 2. The van der Waals surface area contributed by atoms with Gasteiger partial charge in [0.2, 0.25) is 5.91 Å². The van der Waals surface area contributed by atoms with Gasteiger partial charge in [-0.3, -0.25) is 4.79 Å². The zero-order valence-electron chi connectivity index (χ0n) is 9.03. The Kier molecular flexibility index (Phi) is 3.30. The molecule has 0 saturated carbocycles. The molecule has 2 rings (SSSR count). The summed E-state index contributed by atoms with van der Waals surface area (Å²) in [5, 5.41) is 3.30. The molecule has 0 bridgehead atoms. The fourth-order valence-corrected chi connectivity index (χ4v) is 1.71. The average Bonchev–Trinajstić information content (AvgIpc) is 2.82. The van der Waals surface area contributed by atoms with E-state index in [1.165, 1.54) is 6.08 Å². The van der Waals surface area contributed by atoms with Crippen LogP contribution in [0, 0.1) is 0 Å². The number of hydrogen-bond acceptors (Lipinski definition) is 1. The van der Waals surface area contributed by atoms with E-state index in [0.717, 1.165) is 11.3 Å². The topological polar surface area (TPSA) is 44.9 Å². The van der Waals surface area contributed by atoms with E-state index in [0.29, 0.717) is 10.7 Å². The molecule has 0 aliphatic rings. The first-order valence-electron chi connectivity index (χ1n) is 5.07. The molecular formula is C13H11ClN2O. The van der Waals surface area contributed by atoms with E-state index in [1.807, 2.05) is 24.4 Å². The van der Waals surface area contributed by atoms with E-state index in [1.54, 1.807) is 12.1 Å². The zero-order chi connectivity index (χ0) is 12.3. The van der Waals surface area contributed by atoms with Gasteiger partial charge in [-0.2, -0.15) is 0 Å². The van der Waals surface area contributed by atoms with Crippen molar-refractivity contribution in [3.63, 3.8) is 0 Å². The largest absolute Gasteiger partial charge is 0.361 e. The number of aromatic amines is 1. The van der Waals surface area contributed by atoms with Crippen molar-refractivity contribution in [3.8, 4) is 11.3 Å². The lowest BCUT2D eigenvalue weighted by molar-refractivity contribution is -0.111. The molecule has 0 aliphatic carbocycles. The van der Waals surface area contributed by atoms with Gasteiger partial charge in [0.25, 0.3) is 0 Å². The maximum atomic E-state index is 11.3. The molecule has 2 aromatic rings. The fraction of sp³-hybridized carbons (Fsp3) is 0. The van der Waals surface area contributed by atoms with Crippen molar-refractivity contribution in [2.24, 2.45) is 0 Å². The third-order valence-electron chi connectivity index (χ3n) is 2.31. The highest BCUT2D eigenvalue weighted by atomic mass is 35.5. The van der Waals surface area contributed by atoms with Gasteiger partial charge in [-0.15, -0.1) is 0 Å². The van der Waals surface area contributed by atoms with Crippen molar-refractivity contribution >= 4 is 23.2 Å². The monoisotopic (exact) mass is 246 g/mol. The Hall–Kier alpha value is -2.00. The number of halogens is 1. The summed E-state index contributed by atoms with van der Waals surface area (Å²) >= 11 is 5.92. The van der Waals surface area contributed by atoms with Gasteiger partial charge in [0.1, 0.15) is 0 Å². The van der Waals surface area contributed by atoms with Crippen LogP contribution >= 0.6 is 11.6 Å². The SMILES string of the molecule is C=CC(=O)Nc1cc(Cl)ccc1-c1ccc[nH]1. The third-order valence-corrected chi connectivity index (χ3v) is 2.55. The first-order valence-corrected chi connectivity index (χ1v) is 5.45. The van der Waals surface area contributed by atoms with E-state index in [9.17, 15) is 4.79 Å². The van der Waals surface area contributed by atoms with Gasteiger partial charge < -0.3 is 10.3 Å². The van der Waals surface area contributed by atoms with Crippen LogP contribution in [-0.2, 0) is 4.79 Å². The van der Waals surface area contributed by atoms with Crippen molar-refractivity contribution in [2.45, 2.75) is 0 Å². The second-order valence-electron chi connectivity index (χ2n) is 3.47. The number of carbonyl (C=O) groups excluding carboxylic acids is 1. The van der Waals surface area contributed by atoms with Crippen molar-refractivity contribution in [1.29, 1.82) is 0 Å². The van der Waals surface area contributed by atoms with Crippen LogP contribution in [0.25, 0.3) is 11.3 Å². The summed E-state index contributed by atoms with van der Waals surface area (Å²) in [4.78, 5) is 14.4. The molecule has 0 aliphatic heterocycles. The molecule has 0 radical (unpaired) electrons. The predicted molar refractivity (Wildman–Crippen MR) is 70.1 cm³/mol. The third kappa shape index (κ3) is 2.57. The van der Waals surface area contributed by atoms with E-state index < -0.39 is 0 Å². The van der Waals surface area contributed by atoms with Gasteiger partial charge >= 0.3 is 0 Å². The van der Waals surface area contributed by atoms with Gasteiger partial charge in [-0.1, -0.05) is 18.2 Å². The number of H-pyrrole nitrogens is 1. The highest BCUT2D eigenvalue weighted by molar-refractivity contribution is 6.31. The Balaban J connectivity index is 2.44. The number of hydrogen-bond donors (Lipinski definition) is 2. The summed E-state index contributed by atoms with van der Waals surface area (Å²) in [5.41, 5.74) is 2.46. The van der Waals surface area contributed by atoms with Crippen LogP contribution < -0.4 is 5.32 Å². The minimum Gasteiger partial charge on any atom is -0.361 e. The van der Waals surface area contributed by atoms with Gasteiger partial charge in [-0.05, 0) is 36.4 Å². The van der Waals surface area contributed by atoms with Crippen molar-refractivity contribution < 1.29 is 4.79 Å². The molecule has 86 valence electrons. The minimum absolute atomic E-state index is 0.264. The van der Waals surface area contributed by atoms with E-state index >= 15 is 0 Å². The Labute approximate surface area is 104 Å². The molecule has 0 unspecified atom stereocenters. The fourth-order valence-electron chi connectivity index (χ4n) is 1.54. The molecule has 3 nitrogen and oxygen atoms in total. The molecule has 17 heavy (non-hydrogen) atoms. The number of aromatic nitrogens is 1. The first-order chi connectivity index (χ1) is 8.20. The molecule has 1 aromatic heterocycles. The summed E-state index contributed by atoms with van der Waals surface area (Å²) in [6.45, 7) is 3.42. The van der Waals surface area contributed by atoms with Crippen LogP contribution in [-0.4, -0.2) is 10.9 Å². The summed E-state index contributed by atoms with van der Waals surface area (Å²) < 4.78 is 0. The highest BCUT2D eigenvalue weighted by Gasteiger charge is 2.08. The molecule has 1 heterocycles. The molecule has 0 fully saturated rings. The van der Waals surface area contributed by atoms with Crippen LogP contribution in [0.15, 0.2) is 49.2 Å². The second kappa shape index (κ2) is 4.89. The average molecular weight is 247 g/mol. The number of amides is 1. The summed E-state index contributed by atoms with van der Waals surface area (Å²) in [7, 11) is 0. The summed E-state index contributed by atoms with van der Waals surface area (Å²) in [5.74, 6) is -0.264. The molecular weight excluding hydrogens is 236 g/mol. The normalized spacial score (nSPS) is 9.94. The lowest BCUT2D eigenvalue weighted by Crippen LogP contribution is -2.08. The van der Waals surface area contributed by atoms with Crippen LogP contribution in [0.2, 0.25) is 5.02 Å². The zero-order valence-corrected chi connectivity index (χ0v) is 9.79. The Morgan fingerprint density at radius 2 is 2.24 bits per heavy atom. The molecule has 0 atom stereocenters. The maximum absolute atomic E-state index is 11.3. The van der Waals surface area contributed by atoms with Gasteiger partial charge in [-0.25, -0.2) is 0 Å². The van der Waals surface area contributed by atoms with E-state index in [4.69, 9.17) is 11.6 Å². The Bertz CT molecular complexity index is 547. The minimum atomic E-state index is -0.264. The first kappa shape index (κ1) is 11.5. The van der Waals surface area contributed by atoms with Crippen LogP contribution in [0.3, 0.4) is 0 Å². The van der Waals surface area contributed by atoms with Gasteiger partial charge in [0.15, 0.2) is 0 Å². The number of carbonyl (C=O) groups is 1. The van der Waals surface area contributed by atoms with Crippen LogP contribution in [0.4, 0.5) is 5.69 Å².